The molecule has 0 aliphatic rings. The zero-order chi connectivity index (χ0) is 9.68. The van der Waals surface area contributed by atoms with Gasteiger partial charge in [0.25, 0.3) is 0 Å². The minimum atomic E-state index is 0.198. The first-order valence-corrected chi connectivity index (χ1v) is 5.27. The van der Waals surface area contributed by atoms with Crippen LogP contribution in [0.3, 0.4) is 0 Å². The smallest absolute Gasteiger partial charge is 0.115 e. The molecule has 0 bridgehead atoms. The molecule has 2 N–H and O–H groups in total. The summed E-state index contributed by atoms with van der Waals surface area (Å²) in [7, 11) is 0. The lowest BCUT2D eigenvalue weighted by Crippen LogP contribution is -2.02. The molecule has 0 aromatic heterocycles. The van der Waals surface area contributed by atoms with E-state index < -0.39 is 0 Å². The predicted octanol–water partition coefficient (Wildman–Crippen LogP) is 2.01. The molecule has 0 fully saturated rings. The summed E-state index contributed by atoms with van der Waals surface area (Å²) < 4.78 is 0. The van der Waals surface area contributed by atoms with Gasteiger partial charge in [0.15, 0.2) is 0 Å². The second-order valence-electron chi connectivity index (χ2n) is 2.97. The van der Waals surface area contributed by atoms with E-state index in [2.05, 4.69) is 0 Å². The number of phenols is 1. The molecular weight excluding hydrogens is 184 g/mol. The van der Waals surface area contributed by atoms with Crippen LogP contribution in [0.25, 0.3) is 0 Å². The van der Waals surface area contributed by atoms with E-state index in [0.29, 0.717) is 5.75 Å². The minimum Gasteiger partial charge on any atom is -0.508 e. The van der Waals surface area contributed by atoms with Gasteiger partial charge in [0.2, 0.25) is 0 Å². The number of hydrogen-bond acceptors (Lipinski definition) is 3. The van der Waals surface area contributed by atoms with Crippen molar-refractivity contribution in [1.29, 1.82) is 0 Å². The van der Waals surface area contributed by atoms with Gasteiger partial charge >= 0.3 is 0 Å². The van der Waals surface area contributed by atoms with Gasteiger partial charge in [0.1, 0.15) is 5.75 Å². The molecule has 0 aliphatic carbocycles. The molecule has 0 saturated heterocycles. The first-order chi connectivity index (χ1) is 6.22. The molecule has 0 spiro atoms. The Balaban J connectivity index is 2.45. The van der Waals surface area contributed by atoms with Crippen molar-refractivity contribution in [2.24, 2.45) is 0 Å². The van der Waals surface area contributed by atoms with Gasteiger partial charge < -0.3 is 10.2 Å². The van der Waals surface area contributed by atoms with E-state index in [9.17, 15) is 5.11 Å². The Morgan fingerprint density at radius 2 is 2.23 bits per heavy atom. The minimum absolute atomic E-state index is 0.198. The predicted molar refractivity (Wildman–Crippen MR) is 55.9 cm³/mol. The molecule has 1 atom stereocenters. The molecule has 3 heteroatoms. The van der Waals surface area contributed by atoms with Gasteiger partial charge in [-0.05, 0) is 17.7 Å². The van der Waals surface area contributed by atoms with Crippen molar-refractivity contribution < 1.29 is 10.2 Å². The van der Waals surface area contributed by atoms with E-state index in [1.165, 1.54) is 0 Å². The maximum atomic E-state index is 9.18. The van der Waals surface area contributed by atoms with Crippen LogP contribution in [0.4, 0.5) is 0 Å². The number of thioether (sulfide) groups is 1. The fraction of sp³-hybridized carbons (Fsp3) is 0.400. The largest absolute Gasteiger partial charge is 0.508 e. The molecule has 2 nitrogen and oxygen atoms in total. The molecule has 0 heterocycles. The highest BCUT2D eigenvalue weighted by Gasteiger charge is 2.01. The molecule has 1 rings (SSSR count). The van der Waals surface area contributed by atoms with Crippen molar-refractivity contribution in [3.8, 4) is 5.75 Å². The number of hydrogen-bond donors (Lipinski definition) is 2. The molecule has 0 aliphatic heterocycles. The van der Waals surface area contributed by atoms with E-state index in [-0.39, 0.29) is 11.9 Å². The van der Waals surface area contributed by atoms with Crippen LogP contribution in [0.15, 0.2) is 24.3 Å². The van der Waals surface area contributed by atoms with Crippen LogP contribution in [-0.4, -0.2) is 22.1 Å². The normalized spacial score (nSPS) is 12.8. The summed E-state index contributed by atoms with van der Waals surface area (Å²) in [6, 6.07) is 7.20. The van der Waals surface area contributed by atoms with Crippen molar-refractivity contribution in [2.45, 2.75) is 17.9 Å². The Morgan fingerprint density at radius 3 is 2.85 bits per heavy atom. The second kappa shape index (κ2) is 5.14. The summed E-state index contributed by atoms with van der Waals surface area (Å²) in [5.74, 6) is 1.13. The van der Waals surface area contributed by atoms with Crippen LogP contribution >= 0.6 is 11.8 Å². The molecule has 1 unspecified atom stereocenters. The SMILES string of the molecule is CC(CO)SCc1cccc(O)c1. The second-order valence-corrected chi connectivity index (χ2v) is 4.40. The first kappa shape index (κ1) is 10.4. The maximum absolute atomic E-state index is 9.18. The average Bonchev–Trinajstić information content (AvgIpc) is 2.14. The zero-order valence-corrected chi connectivity index (χ0v) is 8.42. The van der Waals surface area contributed by atoms with Gasteiger partial charge in [0.05, 0.1) is 6.61 Å². The summed E-state index contributed by atoms with van der Waals surface area (Å²) in [5.41, 5.74) is 1.09. The van der Waals surface area contributed by atoms with Gasteiger partial charge in [-0.3, -0.25) is 0 Å². The number of phenolic OH excluding ortho intramolecular Hbond substituents is 1. The van der Waals surface area contributed by atoms with Gasteiger partial charge in [-0.2, -0.15) is 11.8 Å². The average molecular weight is 198 g/mol. The lowest BCUT2D eigenvalue weighted by molar-refractivity contribution is 0.300. The molecule has 0 saturated carbocycles. The molecule has 1 aromatic rings. The summed E-state index contributed by atoms with van der Waals surface area (Å²) in [4.78, 5) is 0. The lowest BCUT2D eigenvalue weighted by Gasteiger charge is -2.07. The molecule has 0 amide bonds. The van der Waals surface area contributed by atoms with Crippen LogP contribution in [0.2, 0.25) is 0 Å². The summed E-state index contributed by atoms with van der Waals surface area (Å²) in [6.45, 7) is 2.18. The van der Waals surface area contributed by atoms with Crippen LogP contribution in [0.5, 0.6) is 5.75 Å². The quantitative estimate of drug-likeness (QED) is 0.777. The standard InChI is InChI=1S/C10H14O2S/c1-8(6-11)13-7-9-3-2-4-10(12)5-9/h2-5,8,11-12H,6-7H2,1H3. The third-order valence-electron chi connectivity index (χ3n) is 1.70. The molecular formula is C10H14O2S. The molecule has 72 valence electrons. The van der Waals surface area contributed by atoms with Crippen molar-refractivity contribution in [2.75, 3.05) is 6.61 Å². The van der Waals surface area contributed by atoms with Gasteiger partial charge in [-0.25, -0.2) is 0 Å². The Morgan fingerprint density at radius 1 is 1.46 bits per heavy atom. The zero-order valence-electron chi connectivity index (χ0n) is 7.60. The van der Waals surface area contributed by atoms with E-state index >= 15 is 0 Å². The highest BCUT2D eigenvalue weighted by Crippen LogP contribution is 2.19. The molecule has 0 radical (unpaired) electrons. The van der Waals surface area contributed by atoms with Crippen LogP contribution in [-0.2, 0) is 5.75 Å². The number of aromatic hydroxyl groups is 1. The van der Waals surface area contributed by atoms with Gasteiger partial charge in [-0.15, -0.1) is 0 Å². The number of rotatable bonds is 4. The van der Waals surface area contributed by atoms with Crippen LogP contribution in [0.1, 0.15) is 12.5 Å². The topological polar surface area (TPSA) is 40.5 Å². The third kappa shape index (κ3) is 3.70. The van der Waals surface area contributed by atoms with Gasteiger partial charge in [-0.1, -0.05) is 19.1 Å². The third-order valence-corrected chi connectivity index (χ3v) is 2.92. The van der Waals surface area contributed by atoms with Crippen molar-refractivity contribution in [3.63, 3.8) is 0 Å². The first-order valence-electron chi connectivity index (χ1n) is 4.22. The Hall–Kier alpha value is -0.670. The maximum Gasteiger partial charge on any atom is 0.115 e. The number of aliphatic hydroxyl groups is 1. The van der Waals surface area contributed by atoms with Crippen molar-refractivity contribution in [3.05, 3.63) is 29.8 Å². The monoisotopic (exact) mass is 198 g/mol. The molecule has 13 heavy (non-hydrogen) atoms. The van der Waals surface area contributed by atoms with Crippen molar-refractivity contribution in [1.82, 2.24) is 0 Å². The fourth-order valence-electron chi connectivity index (χ4n) is 0.937. The van der Waals surface area contributed by atoms with Crippen LogP contribution in [0, 0.1) is 0 Å². The van der Waals surface area contributed by atoms with E-state index in [4.69, 9.17) is 5.11 Å². The number of benzene rings is 1. The van der Waals surface area contributed by atoms with Crippen LogP contribution < -0.4 is 0 Å². The fourth-order valence-corrected chi connectivity index (χ4v) is 1.70. The summed E-state index contributed by atoms with van der Waals surface area (Å²) in [6.07, 6.45) is 0. The lowest BCUT2D eigenvalue weighted by atomic mass is 10.2. The molecule has 1 aromatic carbocycles. The Bertz CT molecular complexity index is 263. The van der Waals surface area contributed by atoms with E-state index in [0.717, 1.165) is 11.3 Å². The highest BCUT2D eigenvalue weighted by atomic mass is 32.2. The number of aliphatic hydroxyl groups excluding tert-OH is 1. The summed E-state index contributed by atoms with van der Waals surface area (Å²) >= 11 is 1.68. The Kier molecular flexibility index (Phi) is 4.12. The van der Waals surface area contributed by atoms with E-state index in [1.807, 2.05) is 19.1 Å². The Labute approximate surface area is 82.6 Å². The highest BCUT2D eigenvalue weighted by molar-refractivity contribution is 7.99. The van der Waals surface area contributed by atoms with Gasteiger partial charge in [0, 0.05) is 11.0 Å². The van der Waals surface area contributed by atoms with E-state index in [1.54, 1.807) is 23.9 Å². The summed E-state index contributed by atoms with van der Waals surface area (Å²) in [5, 5.41) is 18.2. The van der Waals surface area contributed by atoms with Crippen molar-refractivity contribution >= 4 is 11.8 Å².